The lowest BCUT2D eigenvalue weighted by molar-refractivity contribution is -0.137. The highest BCUT2D eigenvalue weighted by molar-refractivity contribution is 8.00. The van der Waals surface area contributed by atoms with Crippen LogP contribution in [-0.4, -0.2) is 20.9 Å². The van der Waals surface area contributed by atoms with E-state index in [-0.39, 0.29) is 40.7 Å². The van der Waals surface area contributed by atoms with Gasteiger partial charge in [0.2, 0.25) is 5.91 Å². The summed E-state index contributed by atoms with van der Waals surface area (Å²) in [5.74, 6) is -0.942. The summed E-state index contributed by atoms with van der Waals surface area (Å²) in [6.07, 6.45) is -4.71. The zero-order chi connectivity index (χ0) is 24.5. The number of halogens is 6. The van der Waals surface area contributed by atoms with Crippen LogP contribution in [0.15, 0.2) is 59.6 Å². The van der Waals surface area contributed by atoms with E-state index in [0.29, 0.717) is 6.42 Å². The molecule has 2 unspecified atom stereocenters. The third kappa shape index (κ3) is 5.40. The average molecular weight is 499 g/mol. The van der Waals surface area contributed by atoms with Crippen LogP contribution in [0.2, 0.25) is 0 Å². The van der Waals surface area contributed by atoms with Gasteiger partial charge in [-0.25, -0.2) is 17.9 Å². The van der Waals surface area contributed by atoms with Crippen molar-refractivity contribution in [3.8, 4) is 5.69 Å². The van der Waals surface area contributed by atoms with Gasteiger partial charge in [-0.2, -0.15) is 18.3 Å². The molecule has 1 amide bonds. The highest BCUT2D eigenvalue weighted by Gasteiger charge is 2.37. The van der Waals surface area contributed by atoms with Crippen molar-refractivity contribution < 1.29 is 31.1 Å². The first-order valence-electron chi connectivity index (χ1n) is 10.4. The van der Waals surface area contributed by atoms with Gasteiger partial charge in [0.05, 0.1) is 17.2 Å². The summed E-state index contributed by atoms with van der Waals surface area (Å²) in [6, 6.07) is 9.92. The van der Waals surface area contributed by atoms with Crippen molar-refractivity contribution in [3.05, 3.63) is 77.4 Å². The second-order valence-electron chi connectivity index (χ2n) is 7.84. The maximum atomic E-state index is 13.5. The molecule has 0 aliphatic heterocycles. The Bertz CT molecular complexity index is 1150. The van der Waals surface area contributed by atoms with Crippen molar-refractivity contribution >= 4 is 17.7 Å². The minimum Gasteiger partial charge on any atom is -0.352 e. The zero-order valence-electron chi connectivity index (χ0n) is 17.5. The van der Waals surface area contributed by atoms with Gasteiger partial charge in [-0.1, -0.05) is 0 Å². The number of thioether (sulfide) groups is 1. The van der Waals surface area contributed by atoms with E-state index in [1.807, 2.05) is 0 Å². The molecule has 1 heterocycles. The lowest BCUT2D eigenvalue weighted by atomic mass is 9.84. The van der Waals surface area contributed by atoms with Crippen LogP contribution in [0.5, 0.6) is 0 Å². The van der Waals surface area contributed by atoms with Crippen LogP contribution in [0, 0.1) is 11.7 Å². The number of benzene rings is 2. The van der Waals surface area contributed by atoms with Crippen molar-refractivity contribution in [1.29, 1.82) is 0 Å². The molecule has 1 aliphatic carbocycles. The molecule has 0 radical (unpaired) electrons. The minimum atomic E-state index is -4.51. The number of nitrogens with one attached hydrogen (secondary N) is 1. The number of aromatic nitrogens is 2. The van der Waals surface area contributed by atoms with Crippen LogP contribution >= 0.6 is 11.8 Å². The molecular formula is C23H19F6N3OS. The number of alkyl halides is 5. The number of hydrogen-bond acceptors (Lipinski definition) is 3. The second kappa shape index (κ2) is 9.73. The summed E-state index contributed by atoms with van der Waals surface area (Å²) >= 11 is 1.47. The monoisotopic (exact) mass is 499 g/mol. The van der Waals surface area contributed by atoms with Crippen LogP contribution < -0.4 is 5.32 Å². The van der Waals surface area contributed by atoms with Crippen molar-refractivity contribution in [2.45, 2.75) is 42.1 Å². The van der Waals surface area contributed by atoms with Crippen molar-refractivity contribution in [1.82, 2.24) is 15.1 Å². The SMILES string of the molecule is O=C(NCc1cn(-c2ccc(C(F)(F)F)cc2)nc1C(F)F)C1CCC1Sc1ccc(F)cc1. The van der Waals surface area contributed by atoms with Crippen LogP contribution in [0.3, 0.4) is 0 Å². The van der Waals surface area contributed by atoms with E-state index < -0.39 is 23.9 Å². The summed E-state index contributed by atoms with van der Waals surface area (Å²) < 4.78 is 79.4. The molecule has 2 atom stereocenters. The van der Waals surface area contributed by atoms with Gasteiger partial charge in [0.15, 0.2) is 0 Å². The second-order valence-corrected chi connectivity index (χ2v) is 9.15. The van der Waals surface area contributed by atoms with E-state index in [9.17, 15) is 31.1 Å². The molecule has 2 aromatic carbocycles. The molecule has 0 saturated heterocycles. The minimum absolute atomic E-state index is 0.00472. The van der Waals surface area contributed by atoms with E-state index in [0.717, 1.165) is 40.3 Å². The van der Waals surface area contributed by atoms with Crippen LogP contribution in [-0.2, 0) is 17.5 Å². The van der Waals surface area contributed by atoms with E-state index >= 15 is 0 Å². The first-order valence-corrected chi connectivity index (χ1v) is 11.2. The Morgan fingerprint density at radius 1 is 1.09 bits per heavy atom. The highest BCUT2D eigenvalue weighted by atomic mass is 32.2. The Balaban J connectivity index is 1.41. The fraction of sp³-hybridized carbons (Fsp3) is 0.304. The quantitative estimate of drug-likeness (QED) is 0.397. The fourth-order valence-corrected chi connectivity index (χ4v) is 4.91. The summed E-state index contributed by atoms with van der Waals surface area (Å²) in [5.41, 5.74) is -1.16. The largest absolute Gasteiger partial charge is 0.416 e. The standard InChI is InChI=1S/C23H19F6N3OS/c24-15-3-7-17(8-4-15)34-19-10-9-18(19)22(33)30-11-13-12-32(31-20(13)21(25)26)16-5-1-14(2-6-16)23(27,28)29/h1-8,12,18-19,21H,9-11H2,(H,30,33). The molecule has 4 nitrogen and oxygen atoms in total. The smallest absolute Gasteiger partial charge is 0.352 e. The predicted molar refractivity (Wildman–Crippen MR) is 114 cm³/mol. The fourth-order valence-electron chi connectivity index (χ4n) is 3.59. The summed E-state index contributed by atoms with van der Waals surface area (Å²) in [5, 5.41) is 6.47. The zero-order valence-corrected chi connectivity index (χ0v) is 18.3. The molecule has 4 rings (SSSR count). The van der Waals surface area contributed by atoms with E-state index in [1.54, 1.807) is 12.1 Å². The number of amides is 1. The first kappa shape index (κ1) is 24.2. The van der Waals surface area contributed by atoms with Crippen LogP contribution in [0.4, 0.5) is 26.3 Å². The van der Waals surface area contributed by atoms with Gasteiger partial charge in [-0.15, -0.1) is 11.8 Å². The number of hydrogen-bond donors (Lipinski definition) is 1. The van der Waals surface area contributed by atoms with Gasteiger partial charge in [-0.3, -0.25) is 4.79 Å². The molecule has 1 aromatic heterocycles. The molecule has 1 aliphatic rings. The highest BCUT2D eigenvalue weighted by Crippen LogP contribution is 2.41. The Hall–Kier alpha value is -2.95. The molecule has 0 bridgehead atoms. The first-order chi connectivity index (χ1) is 16.1. The van der Waals surface area contributed by atoms with Gasteiger partial charge >= 0.3 is 6.18 Å². The summed E-state index contributed by atoms with van der Waals surface area (Å²) in [4.78, 5) is 13.5. The number of nitrogens with zero attached hydrogens (tertiary/aromatic N) is 2. The lowest BCUT2D eigenvalue weighted by Crippen LogP contribution is -2.42. The van der Waals surface area contributed by atoms with Gasteiger partial charge in [0, 0.05) is 28.5 Å². The molecule has 180 valence electrons. The molecule has 3 aromatic rings. The topological polar surface area (TPSA) is 46.9 Å². The maximum Gasteiger partial charge on any atom is 0.416 e. The molecule has 1 fully saturated rings. The summed E-state index contributed by atoms with van der Waals surface area (Å²) in [6.45, 7) is -0.191. The van der Waals surface area contributed by atoms with E-state index in [2.05, 4.69) is 10.4 Å². The predicted octanol–water partition coefficient (Wildman–Crippen LogP) is 6.15. The van der Waals surface area contributed by atoms with Gasteiger partial charge < -0.3 is 5.32 Å². The Morgan fingerprint density at radius 2 is 1.76 bits per heavy atom. The third-order valence-electron chi connectivity index (χ3n) is 5.59. The van der Waals surface area contributed by atoms with Crippen molar-refractivity contribution in [2.75, 3.05) is 0 Å². The maximum absolute atomic E-state index is 13.5. The van der Waals surface area contributed by atoms with E-state index in [1.165, 1.54) is 30.1 Å². The number of rotatable bonds is 7. The Kier molecular flexibility index (Phi) is 6.92. The Morgan fingerprint density at radius 3 is 2.32 bits per heavy atom. The van der Waals surface area contributed by atoms with Crippen molar-refractivity contribution in [3.63, 3.8) is 0 Å². The Labute approximate surface area is 195 Å². The van der Waals surface area contributed by atoms with Gasteiger partial charge in [0.1, 0.15) is 11.5 Å². The van der Waals surface area contributed by atoms with Gasteiger partial charge in [-0.05, 0) is 61.4 Å². The summed E-state index contributed by atoms with van der Waals surface area (Å²) in [7, 11) is 0. The average Bonchev–Trinajstić information content (AvgIpc) is 3.21. The van der Waals surface area contributed by atoms with Crippen molar-refractivity contribution in [2.24, 2.45) is 5.92 Å². The number of carbonyl (C=O) groups is 1. The molecule has 1 N–H and O–H groups in total. The van der Waals surface area contributed by atoms with E-state index in [4.69, 9.17) is 0 Å². The lowest BCUT2D eigenvalue weighted by Gasteiger charge is -2.34. The third-order valence-corrected chi connectivity index (χ3v) is 7.00. The molecule has 1 saturated carbocycles. The van der Waals surface area contributed by atoms with Gasteiger partial charge in [0.25, 0.3) is 6.43 Å². The normalized spacial score (nSPS) is 18.1. The molecule has 34 heavy (non-hydrogen) atoms. The molecular weight excluding hydrogens is 480 g/mol. The molecule has 0 spiro atoms. The molecule has 11 heteroatoms. The van der Waals surface area contributed by atoms with Crippen LogP contribution in [0.1, 0.15) is 36.1 Å². The van der Waals surface area contributed by atoms with Crippen LogP contribution in [0.25, 0.3) is 5.69 Å². The number of carbonyl (C=O) groups excluding carboxylic acids is 1.